The Labute approximate surface area is 147 Å². The normalized spacial score (nSPS) is 33.0. The van der Waals surface area contributed by atoms with Gasteiger partial charge in [-0.25, -0.2) is 4.79 Å². The molecule has 3 N–H and O–H groups in total. The fourth-order valence-electron chi connectivity index (χ4n) is 5.47. The molecule has 4 rings (SSSR count). The van der Waals surface area contributed by atoms with Crippen LogP contribution >= 0.6 is 0 Å². The van der Waals surface area contributed by atoms with E-state index in [1.165, 1.54) is 11.1 Å². The van der Waals surface area contributed by atoms with E-state index < -0.39 is 5.97 Å². The van der Waals surface area contributed by atoms with Gasteiger partial charge in [0.1, 0.15) is 5.75 Å². The second-order valence-electron chi connectivity index (χ2n) is 7.89. The highest BCUT2D eigenvalue weighted by Gasteiger charge is 2.52. The van der Waals surface area contributed by atoms with Gasteiger partial charge < -0.3 is 10.2 Å². The maximum atomic E-state index is 10.7. The number of fused-ring (bicyclic) bond motifs is 5. The van der Waals surface area contributed by atoms with E-state index in [4.69, 9.17) is 9.94 Å². The molecule has 0 bridgehead atoms. The van der Waals surface area contributed by atoms with Crippen molar-refractivity contribution in [2.45, 2.75) is 44.9 Å². The Balaban J connectivity index is 1.53. The lowest BCUT2D eigenvalue weighted by atomic mass is 9.55. The van der Waals surface area contributed by atoms with Gasteiger partial charge in [-0.15, -0.1) is 0 Å². The molecule has 5 heteroatoms. The van der Waals surface area contributed by atoms with Crippen LogP contribution in [0.15, 0.2) is 30.0 Å². The SMILES string of the molecule is C[C@]12CC[C@@H]3c4ccc(O)cc4CC[C@H]3[C@@H]1CC=C2NOCC(=O)O. The Morgan fingerprint density at radius 2 is 2.24 bits per heavy atom. The Bertz CT molecular complexity index is 728. The van der Waals surface area contributed by atoms with Gasteiger partial charge in [0.2, 0.25) is 0 Å². The molecule has 4 atom stereocenters. The van der Waals surface area contributed by atoms with Crippen molar-refractivity contribution in [1.82, 2.24) is 5.48 Å². The van der Waals surface area contributed by atoms with Crippen LogP contribution in [-0.2, 0) is 16.1 Å². The highest BCUT2D eigenvalue weighted by Crippen LogP contribution is 2.60. The summed E-state index contributed by atoms with van der Waals surface area (Å²) in [5.74, 6) is 1.15. The van der Waals surface area contributed by atoms with Crippen LogP contribution in [0.5, 0.6) is 5.75 Å². The number of aliphatic carboxylic acids is 1. The summed E-state index contributed by atoms with van der Waals surface area (Å²) in [7, 11) is 0. The van der Waals surface area contributed by atoms with Crippen molar-refractivity contribution in [3.8, 4) is 5.75 Å². The quantitative estimate of drug-likeness (QED) is 0.731. The third-order valence-corrected chi connectivity index (χ3v) is 6.67. The monoisotopic (exact) mass is 343 g/mol. The first-order valence-corrected chi connectivity index (χ1v) is 9.11. The number of rotatable bonds is 4. The minimum absolute atomic E-state index is 0.0358. The Kier molecular flexibility index (Phi) is 3.99. The first-order valence-electron chi connectivity index (χ1n) is 9.11. The number of carboxylic acid groups (broad SMARTS) is 1. The van der Waals surface area contributed by atoms with Gasteiger partial charge in [0, 0.05) is 11.1 Å². The molecule has 1 fully saturated rings. The van der Waals surface area contributed by atoms with Crippen LogP contribution in [0, 0.1) is 17.3 Å². The first-order chi connectivity index (χ1) is 12.0. The number of hydrogen-bond acceptors (Lipinski definition) is 4. The van der Waals surface area contributed by atoms with Gasteiger partial charge in [0.25, 0.3) is 0 Å². The molecule has 134 valence electrons. The standard InChI is InChI=1S/C20H25NO4/c1-20-9-8-15-14-5-3-13(22)10-12(14)2-4-16(15)17(20)6-7-18(20)21-25-11-19(23)24/h3,5,7,10,15-17,21-22H,2,4,6,8-9,11H2,1H3,(H,23,24)/t15-,16-,17+,20+/m1/s1. The van der Waals surface area contributed by atoms with Gasteiger partial charge in [-0.1, -0.05) is 19.1 Å². The molecular weight excluding hydrogens is 318 g/mol. The van der Waals surface area contributed by atoms with Gasteiger partial charge in [-0.2, -0.15) is 0 Å². The minimum Gasteiger partial charge on any atom is -0.508 e. The number of hydroxylamine groups is 1. The molecule has 0 spiro atoms. The van der Waals surface area contributed by atoms with Gasteiger partial charge in [0.15, 0.2) is 6.61 Å². The fraction of sp³-hybridized carbons (Fsp3) is 0.550. The summed E-state index contributed by atoms with van der Waals surface area (Å²) in [5, 5.41) is 18.5. The van der Waals surface area contributed by atoms with Gasteiger partial charge >= 0.3 is 5.97 Å². The molecule has 0 amide bonds. The lowest BCUT2D eigenvalue weighted by Gasteiger charge is -2.50. The first kappa shape index (κ1) is 16.5. The largest absolute Gasteiger partial charge is 0.508 e. The number of phenolic OH excluding ortho intramolecular Hbond substituents is 1. The topological polar surface area (TPSA) is 78.8 Å². The molecule has 1 aromatic carbocycles. The number of aromatic hydroxyl groups is 1. The molecule has 0 radical (unpaired) electrons. The van der Waals surface area contributed by atoms with E-state index in [1.807, 2.05) is 12.1 Å². The van der Waals surface area contributed by atoms with E-state index in [-0.39, 0.29) is 12.0 Å². The molecule has 1 saturated carbocycles. The summed E-state index contributed by atoms with van der Waals surface area (Å²) in [5.41, 5.74) is 6.73. The van der Waals surface area contributed by atoms with E-state index in [0.717, 1.165) is 37.8 Å². The van der Waals surface area contributed by atoms with Crippen LogP contribution in [-0.4, -0.2) is 22.8 Å². The van der Waals surface area contributed by atoms with Gasteiger partial charge in [-0.3, -0.25) is 10.3 Å². The highest BCUT2D eigenvalue weighted by molar-refractivity contribution is 5.67. The van der Waals surface area contributed by atoms with Crippen LogP contribution in [0.25, 0.3) is 0 Å². The number of carbonyl (C=O) groups is 1. The van der Waals surface area contributed by atoms with E-state index in [0.29, 0.717) is 23.5 Å². The number of benzene rings is 1. The summed E-state index contributed by atoms with van der Waals surface area (Å²) >= 11 is 0. The van der Waals surface area contributed by atoms with E-state index >= 15 is 0 Å². The predicted molar refractivity (Wildman–Crippen MR) is 92.9 cm³/mol. The summed E-state index contributed by atoms with van der Waals surface area (Å²) in [4.78, 5) is 15.8. The molecule has 0 aromatic heterocycles. The zero-order chi connectivity index (χ0) is 17.6. The minimum atomic E-state index is -0.969. The number of allylic oxidation sites excluding steroid dienone is 2. The summed E-state index contributed by atoms with van der Waals surface area (Å²) in [6, 6.07) is 5.86. The van der Waals surface area contributed by atoms with Crippen LogP contribution in [0.4, 0.5) is 0 Å². The second kappa shape index (κ2) is 6.06. The van der Waals surface area contributed by atoms with Crippen LogP contribution < -0.4 is 5.48 Å². The number of aryl methyl sites for hydroxylation is 1. The van der Waals surface area contributed by atoms with Crippen molar-refractivity contribution >= 4 is 5.97 Å². The highest BCUT2D eigenvalue weighted by atomic mass is 16.7. The van der Waals surface area contributed by atoms with Gasteiger partial charge in [0.05, 0.1) is 0 Å². The smallest absolute Gasteiger partial charge is 0.332 e. The van der Waals surface area contributed by atoms with E-state index in [9.17, 15) is 9.90 Å². The van der Waals surface area contributed by atoms with Crippen molar-refractivity contribution in [3.05, 3.63) is 41.1 Å². The number of nitrogens with one attached hydrogen (secondary N) is 1. The number of hydrogen-bond donors (Lipinski definition) is 3. The summed E-state index contributed by atoms with van der Waals surface area (Å²) in [6.45, 7) is 1.96. The van der Waals surface area contributed by atoms with E-state index in [2.05, 4.69) is 24.5 Å². The van der Waals surface area contributed by atoms with Crippen LogP contribution in [0.2, 0.25) is 0 Å². The lowest BCUT2D eigenvalue weighted by Crippen LogP contribution is -2.43. The zero-order valence-corrected chi connectivity index (χ0v) is 14.5. The maximum Gasteiger partial charge on any atom is 0.332 e. The fourth-order valence-corrected chi connectivity index (χ4v) is 5.47. The number of carboxylic acids is 1. The van der Waals surface area contributed by atoms with Crippen LogP contribution in [0.1, 0.15) is 49.7 Å². The summed E-state index contributed by atoms with van der Waals surface area (Å²) < 4.78 is 0. The molecular formula is C20H25NO4. The molecule has 0 unspecified atom stereocenters. The van der Waals surface area contributed by atoms with Crippen molar-refractivity contribution < 1.29 is 19.8 Å². The van der Waals surface area contributed by atoms with Crippen molar-refractivity contribution in [2.75, 3.05) is 6.61 Å². The van der Waals surface area contributed by atoms with Gasteiger partial charge in [-0.05, 0) is 73.1 Å². The second-order valence-corrected chi connectivity index (χ2v) is 7.89. The Hall–Kier alpha value is -2.01. The zero-order valence-electron chi connectivity index (χ0n) is 14.5. The molecule has 0 heterocycles. The molecule has 5 nitrogen and oxygen atoms in total. The molecule has 3 aliphatic rings. The Morgan fingerprint density at radius 1 is 1.40 bits per heavy atom. The lowest BCUT2D eigenvalue weighted by molar-refractivity contribution is -0.144. The van der Waals surface area contributed by atoms with Crippen LogP contribution in [0.3, 0.4) is 0 Å². The molecule has 25 heavy (non-hydrogen) atoms. The third-order valence-electron chi connectivity index (χ3n) is 6.67. The van der Waals surface area contributed by atoms with Crippen molar-refractivity contribution in [1.29, 1.82) is 0 Å². The predicted octanol–water partition coefficient (Wildman–Crippen LogP) is 3.35. The average Bonchev–Trinajstić information content (AvgIpc) is 2.91. The van der Waals surface area contributed by atoms with Crippen molar-refractivity contribution in [2.24, 2.45) is 17.3 Å². The molecule has 1 aromatic rings. The molecule has 3 aliphatic carbocycles. The van der Waals surface area contributed by atoms with Crippen molar-refractivity contribution in [3.63, 3.8) is 0 Å². The third kappa shape index (κ3) is 2.71. The maximum absolute atomic E-state index is 10.7. The van der Waals surface area contributed by atoms with E-state index in [1.54, 1.807) is 0 Å². The Morgan fingerprint density at radius 3 is 3.04 bits per heavy atom. The molecule has 0 aliphatic heterocycles. The summed E-state index contributed by atoms with van der Waals surface area (Å²) in [6.07, 6.45) is 7.57. The average molecular weight is 343 g/mol. The number of phenols is 1. The molecule has 0 saturated heterocycles.